The molecule has 122 valence electrons. The molecule has 0 N–H and O–H groups in total. The first kappa shape index (κ1) is 17.6. The molecule has 0 bridgehead atoms. The van der Waals surface area contributed by atoms with Crippen LogP contribution in [0.25, 0.3) is 0 Å². The van der Waals surface area contributed by atoms with Gasteiger partial charge in [0.05, 0.1) is 0 Å². The molecule has 24 heavy (non-hydrogen) atoms. The van der Waals surface area contributed by atoms with Gasteiger partial charge in [0.25, 0.3) is 0 Å². The van der Waals surface area contributed by atoms with E-state index in [0.29, 0.717) is 0 Å². The van der Waals surface area contributed by atoms with E-state index >= 15 is 0 Å². The first-order chi connectivity index (χ1) is 11.4. The topological polar surface area (TPSA) is 0 Å². The molecule has 0 aromatic heterocycles. The SMILES string of the molecule is ClC(Cl)(c1ccccc1)c1ccc(C(Cl)(Cl)c2ccccc2)cc1. The maximum atomic E-state index is 6.57. The Balaban J connectivity index is 1.94. The normalized spacial score (nSPS) is 12.2. The first-order valence-electron chi connectivity index (χ1n) is 7.40. The van der Waals surface area contributed by atoms with Crippen LogP contribution in [0.4, 0.5) is 0 Å². The van der Waals surface area contributed by atoms with Crippen LogP contribution in [0.15, 0.2) is 84.9 Å². The van der Waals surface area contributed by atoms with E-state index in [1.807, 2.05) is 84.9 Å². The molecule has 0 aliphatic rings. The number of rotatable bonds is 4. The lowest BCUT2D eigenvalue weighted by Gasteiger charge is -2.24. The van der Waals surface area contributed by atoms with Crippen molar-refractivity contribution in [1.82, 2.24) is 0 Å². The van der Waals surface area contributed by atoms with Crippen molar-refractivity contribution in [2.75, 3.05) is 0 Å². The van der Waals surface area contributed by atoms with Crippen LogP contribution in [-0.4, -0.2) is 0 Å². The van der Waals surface area contributed by atoms with E-state index in [-0.39, 0.29) is 0 Å². The number of alkyl halides is 4. The standard InChI is InChI=1S/C20H14Cl4/c21-19(22,15-7-3-1-4-8-15)17-11-13-18(14-12-17)20(23,24)16-9-5-2-6-10-16/h1-14H. The molecule has 0 fully saturated rings. The van der Waals surface area contributed by atoms with Gasteiger partial charge in [-0.3, -0.25) is 0 Å². The third-order valence-corrected chi connectivity index (χ3v) is 5.63. The monoisotopic (exact) mass is 394 g/mol. The molecule has 0 atom stereocenters. The van der Waals surface area contributed by atoms with Crippen LogP contribution in [0.5, 0.6) is 0 Å². The summed E-state index contributed by atoms with van der Waals surface area (Å²) in [4.78, 5) is 0. The maximum absolute atomic E-state index is 6.57. The fourth-order valence-electron chi connectivity index (χ4n) is 2.52. The molecule has 0 heterocycles. The Morgan fingerprint density at radius 2 is 0.625 bits per heavy atom. The highest BCUT2D eigenvalue weighted by Gasteiger charge is 2.32. The van der Waals surface area contributed by atoms with Crippen molar-refractivity contribution < 1.29 is 0 Å². The first-order valence-corrected chi connectivity index (χ1v) is 8.91. The predicted molar refractivity (Wildman–Crippen MR) is 104 cm³/mol. The zero-order chi connectivity index (χ0) is 17.2. The van der Waals surface area contributed by atoms with Crippen LogP contribution in [0, 0.1) is 0 Å². The highest BCUT2D eigenvalue weighted by molar-refractivity contribution is 6.50. The Hall–Kier alpha value is -1.18. The molecule has 0 saturated carbocycles. The van der Waals surface area contributed by atoms with Gasteiger partial charge in [0.2, 0.25) is 0 Å². The van der Waals surface area contributed by atoms with Crippen LogP contribution >= 0.6 is 46.4 Å². The summed E-state index contributed by atoms with van der Waals surface area (Å²) < 4.78 is -2.26. The summed E-state index contributed by atoms with van der Waals surface area (Å²) in [6.07, 6.45) is 0. The lowest BCUT2D eigenvalue weighted by Crippen LogP contribution is -2.15. The lowest BCUT2D eigenvalue weighted by atomic mass is 9.99. The van der Waals surface area contributed by atoms with Gasteiger partial charge in [-0.1, -0.05) is 131 Å². The highest BCUT2D eigenvalue weighted by Crippen LogP contribution is 2.44. The maximum Gasteiger partial charge on any atom is 0.168 e. The smallest absolute Gasteiger partial charge is 0.0909 e. The Bertz CT molecular complexity index is 724. The van der Waals surface area contributed by atoms with Crippen molar-refractivity contribution in [1.29, 1.82) is 0 Å². The summed E-state index contributed by atoms with van der Waals surface area (Å²) in [6, 6.07) is 26.4. The summed E-state index contributed by atoms with van der Waals surface area (Å²) >= 11 is 26.3. The summed E-state index contributed by atoms with van der Waals surface area (Å²) in [5.74, 6) is 0. The van der Waals surface area contributed by atoms with Gasteiger partial charge in [-0.15, -0.1) is 0 Å². The van der Waals surface area contributed by atoms with E-state index in [2.05, 4.69) is 0 Å². The largest absolute Gasteiger partial charge is 0.168 e. The molecule has 3 rings (SSSR count). The second-order valence-electron chi connectivity index (χ2n) is 5.46. The van der Waals surface area contributed by atoms with Gasteiger partial charge in [-0.2, -0.15) is 0 Å². The molecule has 4 heteroatoms. The van der Waals surface area contributed by atoms with E-state index in [9.17, 15) is 0 Å². The van der Waals surface area contributed by atoms with Crippen molar-refractivity contribution in [3.63, 3.8) is 0 Å². The molecule has 3 aromatic rings. The van der Waals surface area contributed by atoms with Crippen molar-refractivity contribution in [2.24, 2.45) is 0 Å². The second kappa shape index (κ2) is 6.98. The van der Waals surface area contributed by atoms with Gasteiger partial charge < -0.3 is 0 Å². The number of hydrogen-bond donors (Lipinski definition) is 0. The molecule has 0 radical (unpaired) electrons. The van der Waals surface area contributed by atoms with Gasteiger partial charge in [-0.25, -0.2) is 0 Å². The molecule has 0 amide bonds. The van der Waals surface area contributed by atoms with Crippen molar-refractivity contribution in [3.8, 4) is 0 Å². The predicted octanol–water partition coefficient (Wildman–Crippen LogP) is 7.04. The average molecular weight is 396 g/mol. The van der Waals surface area contributed by atoms with Crippen molar-refractivity contribution >= 4 is 46.4 Å². The Morgan fingerprint density at radius 3 is 0.917 bits per heavy atom. The van der Waals surface area contributed by atoms with Gasteiger partial charge in [0.15, 0.2) is 8.67 Å². The number of benzene rings is 3. The molecular formula is C20H14Cl4. The van der Waals surface area contributed by atoms with Crippen LogP contribution in [-0.2, 0) is 8.67 Å². The van der Waals surface area contributed by atoms with E-state index in [1.54, 1.807) is 0 Å². The van der Waals surface area contributed by atoms with Crippen LogP contribution in [0.1, 0.15) is 22.3 Å². The van der Waals surface area contributed by atoms with Crippen LogP contribution < -0.4 is 0 Å². The van der Waals surface area contributed by atoms with E-state index in [0.717, 1.165) is 22.3 Å². The molecule has 0 unspecified atom stereocenters. The average Bonchev–Trinajstić information content (AvgIpc) is 2.63. The Kier molecular flexibility index (Phi) is 5.13. The summed E-state index contributed by atoms with van der Waals surface area (Å²) in [5, 5.41) is 0. The zero-order valence-electron chi connectivity index (χ0n) is 12.6. The summed E-state index contributed by atoms with van der Waals surface area (Å²) in [6.45, 7) is 0. The molecule has 0 nitrogen and oxygen atoms in total. The second-order valence-corrected chi connectivity index (χ2v) is 8.11. The zero-order valence-corrected chi connectivity index (χ0v) is 15.6. The third kappa shape index (κ3) is 3.43. The van der Waals surface area contributed by atoms with Crippen molar-refractivity contribution in [2.45, 2.75) is 8.67 Å². The quantitative estimate of drug-likeness (QED) is 0.415. The van der Waals surface area contributed by atoms with Crippen LogP contribution in [0.2, 0.25) is 0 Å². The van der Waals surface area contributed by atoms with E-state index in [1.165, 1.54) is 0 Å². The minimum absolute atomic E-state index is 0.762. The van der Waals surface area contributed by atoms with Gasteiger partial charge in [-0.05, 0) is 22.3 Å². The lowest BCUT2D eigenvalue weighted by molar-refractivity contribution is 1.01. The van der Waals surface area contributed by atoms with Gasteiger partial charge in [0, 0.05) is 0 Å². The Labute approximate surface area is 161 Å². The fraction of sp³-hybridized carbons (Fsp3) is 0.100. The van der Waals surface area contributed by atoms with Crippen molar-refractivity contribution in [3.05, 3.63) is 107 Å². The fourth-order valence-corrected chi connectivity index (χ4v) is 3.53. The summed E-state index contributed by atoms with van der Waals surface area (Å²) in [5.41, 5.74) is 3.15. The summed E-state index contributed by atoms with van der Waals surface area (Å²) in [7, 11) is 0. The Morgan fingerprint density at radius 1 is 0.375 bits per heavy atom. The van der Waals surface area contributed by atoms with Gasteiger partial charge in [0.1, 0.15) is 0 Å². The van der Waals surface area contributed by atoms with E-state index < -0.39 is 8.67 Å². The molecule has 0 saturated heterocycles. The molecule has 0 aliphatic heterocycles. The molecule has 0 spiro atoms. The number of halogens is 4. The molecule has 0 aliphatic carbocycles. The minimum Gasteiger partial charge on any atom is -0.0909 e. The highest BCUT2D eigenvalue weighted by atomic mass is 35.5. The molecule has 3 aromatic carbocycles. The van der Waals surface area contributed by atoms with E-state index in [4.69, 9.17) is 46.4 Å². The van der Waals surface area contributed by atoms with Crippen LogP contribution in [0.3, 0.4) is 0 Å². The number of hydrogen-bond acceptors (Lipinski definition) is 0. The minimum atomic E-state index is -1.13. The van der Waals surface area contributed by atoms with Gasteiger partial charge >= 0.3 is 0 Å². The molecular weight excluding hydrogens is 382 g/mol. The third-order valence-electron chi connectivity index (χ3n) is 3.88.